The minimum Gasteiger partial charge on any atom is -0.291 e. The van der Waals surface area contributed by atoms with Gasteiger partial charge in [-0.3, -0.25) is 9.48 Å². The van der Waals surface area contributed by atoms with Crippen LogP contribution in [0.15, 0.2) is 64.2 Å². The molecule has 0 bridgehead atoms. The maximum Gasteiger partial charge on any atom is 0.246 e. The van der Waals surface area contributed by atoms with Gasteiger partial charge < -0.3 is 0 Å². The van der Waals surface area contributed by atoms with Gasteiger partial charge in [-0.05, 0) is 48.7 Å². The number of piperidine rings is 1. The van der Waals surface area contributed by atoms with Crippen LogP contribution in [0.2, 0.25) is 0 Å². The summed E-state index contributed by atoms with van der Waals surface area (Å²) in [4.78, 5) is 18.3. The van der Waals surface area contributed by atoms with E-state index in [4.69, 9.17) is 0 Å². The number of benzene rings is 1. The SMILES string of the molecule is Cn1cc(S(=O)(=O)N2CCC3=Cc4c(cnn4-c4ccc(F)cc4)C[C@]3(C(=O)c3cscn3)C2)cn1. The van der Waals surface area contributed by atoms with Crippen molar-refractivity contribution >= 4 is 33.2 Å². The minimum absolute atomic E-state index is 0.00636. The van der Waals surface area contributed by atoms with Crippen molar-refractivity contribution in [3.8, 4) is 5.69 Å². The zero-order valence-corrected chi connectivity index (χ0v) is 20.8. The molecule has 1 aliphatic heterocycles. The summed E-state index contributed by atoms with van der Waals surface area (Å²) in [5.74, 6) is -0.547. The van der Waals surface area contributed by atoms with Gasteiger partial charge in [0.25, 0.3) is 0 Å². The summed E-state index contributed by atoms with van der Waals surface area (Å²) in [5.41, 5.74) is 3.97. The molecule has 9 nitrogen and oxygen atoms in total. The van der Waals surface area contributed by atoms with Crippen molar-refractivity contribution < 1.29 is 17.6 Å². The fourth-order valence-electron chi connectivity index (χ4n) is 5.06. The molecule has 184 valence electrons. The lowest BCUT2D eigenvalue weighted by Crippen LogP contribution is -2.53. The summed E-state index contributed by atoms with van der Waals surface area (Å²) >= 11 is 1.32. The Morgan fingerprint density at radius 1 is 1.17 bits per heavy atom. The van der Waals surface area contributed by atoms with E-state index in [0.717, 1.165) is 16.8 Å². The van der Waals surface area contributed by atoms with Crippen LogP contribution in [-0.2, 0) is 23.5 Å². The third-order valence-corrected chi connectivity index (χ3v) is 9.26. The Balaban J connectivity index is 1.45. The lowest BCUT2D eigenvalue weighted by Gasteiger charge is -2.44. The third-order valence-electron chi connectivity index (χ3n) is 6.87. The smallest absolute Gasteiger partial charge is 0.246 e. The number of fused-ring (bicyclic) bond motifs is 2. The average Bonchev–Trinajstić information content (AvgIpc) is 3.63. The van der Waals surface area contributed by atoms with E-state index in [-0.39, 0.29) is 36.0 Å². The molecule has 0 radical (unpaired) electrons. The predicted octanol–water partition coefficient (Wildman–Crippen LogP) is 3.10. The largest absolute Gasteiger partial charge is 0.291 e. The maximum absolute atomic E-state index is 14.0. The van der Waals surface area contributed by atoms with Crippen LogP contribution in [-0.4, -0.2) is 56.1 Å². The van der Waals surface area contributed by atoms with Crippen LogP contribution in [0.4, 0.5) is 4.39 Å². The van der Waals surface area contributed by atoms with Crippen molar-refractivity contribution in [2.45, 2.75) is 17.7 Å². The van der Waals surface area contributed by atoms with Crippen LogP contribution in [0.5, 0.6) is 0 Å². The summed E-state index contributed by atoms with van der Waals surface area (Å²) in [6, 6.07) is 6.04. The summed E-state index contributed by atoms with van der Waals surface area (Å²) in [6.07, 6.45) is 7.07. The van der Waals surface area contributed by atoms with Gasteiger partial charge in [0.2, 0.25) is 10.0 Å². The molecule has 1 fully saturated rings. The number of rotatable bonds is 5. The van der Waals surface area contributed by atoms with Crippen LogP contribution in [0.3, 0.4) is 0 Å². The highest BCUT2D eigenvalue weighted by Gasteiger charge is 2.51. The molecule has 4 aromatic rings. The Morgan fingerprint density at radius 3 is 2.67 bits per heavy atom. The zero-order chi connectivity index (χ0) is 25.1. The number of hydrogen-bond acceptors (Lipinski definition) is 7. The van der Waals surface area contributed by atoms with Crippen molar-refractivity contribution in [1.29, 1.82) is 0 Å². The predicted molar refractivity (Wildman–Crippen MR) is 131 cm³/mol. The van der Waals surface area contributed by atoms with Gasteiger partial charge in [0.1, 0.15) is 16.4 Å². The van der Waals surface area contributed by atoms with Crippen LogP contribution >= 0.6 is 11.3 Å². The standard InChI is InChI=1S/C24H21FN6O3S2/c1-29-12-20(11-27-29)36(33,34)30-7-6-17-8-22-16(10-28-31(22)19-4-2-18(25)3-5-19)9-24(17,14-30)23(32)21-13-35-15-26-21/h2-5,8,10-13,15H,6-7,9,14H2,1H3/t24-/m0/s1. The second-order valence-electron chi connectivity index (χ2n) is 9.01. The second-order valence-corrected chi connectivity index (χ2v) is 11.7. The van der Waals surface area contributed by atoms with Crippen molar-refractivity contribution in [1.82, 2.24) is 28.9 Å². The van der Waals surface area contributed by atoms with E-state index in [1.54, 1.807) is 40.9 Å². The molecule has 0 saturated carbocycles. The normalized spacial score (nSPS) is 20.0. The molecule has 1 saturated heterocycles. The number of thiazole rings is 1. The van der Waals surface area contributed by atoms with E-state index in [1.165, 1.54) is 44.9 Å². The topological polar surface area (TPSA) is 103 Å². The number of nitrogens with zero attached hydrogens (tertiary/aromatic N) is 6. The fraction of sp³-hybridized carbons (Fsp3) is 0.250. The molecule has 4 heterocycles. The summed E-state index contributed by atoms with van der Waals surface area (Å²) in [6.45, 7) is 0.225. The molecule has 2 aliphatic rings. The molecule has 0 amide bonds. The zero-order valence-electron chi connectivity index (χ0n) is 19.2. The van der Waals surface area contributed by atoms with E-state index in [1.807, 2.05) is 6.08 Å². The van der Waals surface area contributed by atoms with Crippen molar-refractivity contribution in [3.05, 3.63) is 82.1 Å². The number of aromatic nitrogens is 5. The van der Waals surface area contributed by atoms with Crippen molar-refractivity contribution in [3.63, 3.8) is 0 Å². The third kappa shape index (κ3) is 3.55. The Hall–Kier alpha value is -3.48. The van der Waals surface area contributed by atoms with E-state index in [2.05, 4.69) is 15.2 Å². The highest BCUT2D eigenvalue weighted by molar-refractivity contribution is 7.89. The van der Waals surface area contributed by atoms with E-state index in [9.17, 15) is 17.6 Å². The van der Waals surface area contributed by atoms with E-state index < -0.39 is 15.4 Å². The van der Waals surface area contributed by atoms with Crippen molar-refractivity contribution in [2.24, 2.45) is 12.5 Å². The van der Waals surface area contributed by atoms with E-state index in [0.29, 0.717) is 17.8 Å². The highest BCUT2D eigenvalue weighted by atomic mass is 32.2. The monoisotopic (exact) mass is 524 g/mol. The number of sulfonamides is 1. The number of carbonyl (C=O) groups excluding carboxylic acids is 1. The van der Waals surface area contributed by atoms with Crippen LogP contribution in [0.25, 0.3) is 11.8 Å². The molecule has 3 aromatic heterocycles. The number of ketones is 1. The first-order valence-electron chi connectivity index (χ1n) is 11.2. The van der Waals surface area contributed by atoms with Gasteiger partial charge in [-0.25, -0.2) is 22.5 Å². The molecular weight excluding hydrogens is 503 g/mol. The first kappa shape index (κ1) is 23.0. The first-order valence-corrected chi connectivity index (χ1v) is 13.6. The van der Waals surface area contributed by atoms with E-state index >= 15 is 0 Å². The molecule has 36 heavy (non-hydrogen) atoms. The van der Waals surface area contributed by atoms with Gasteiger partial charge in [-0.2, -0.15) is 14.5 Å². The molecule has 1 aromatic carbocycles. The number of Topliss-reactive ketones (excluding diaryl/α,β-unsaturated/α-hetero) is 1. The molecule has 0 N–H and O–H groups in total. The second kappa shape index (κ2) is 8.29. The van der Waals surface area contributed by atoms with Gasteiger partial charge in [0, 0.05) is 31.7 Å². The molecular formula is C24H21FN6O3S2. The summed E-state index contributed by atoms with van der Waals surface area (Å²) in [7, 11) is -2.20. The van der Waals surface area contributed by atoms with Gasteiger partial charge in [0.15, 0.2) is 5.78 Å². The fourth-order valence-corrected chi connectivity index (χ4v) is 7.08. The number of halogens is 1. The maximum atomic E-state index is 14.0. The number of carbonyl (C=O) groups is 1. The number of hydrogen-bond donors (Lipinski definition) is 0. The van der Waals surface area contributed by atoms with Gasteiger partial charge in [-0.1, -0.05) is 5.57 Å². The summed E-state index contributed by atoms with van der Waals surface area (Å²) in [5, 5.41) is 10.2. The molecule has 6 rings (SSSR count). The Morgan fingerprint density at radius 2 is 1.97 bits per heavy atom. The highest BCUT2D eigenvalue weighted by Crippen LogP contribution is 2.47. The van der Waals surface area contributed by atoms with Crippen LogP contribution < -0.4 is 0 Å². The molecule has 12 heteroatoms. The summed E-state index contributed by atoms with van der Waals surface area (Å²) < 4.78 is 45.0. The first-order chi connectivity index (χ1) is 17.3. The molecule has 1 atom stereocenters. The molecule has 0 unspecified atom stereocenters. The molecule has 0 spiro atoms. The average molecular weight is 525 g/mol. The van der Waals surface area contributed by atoms with Gasteiger partial charge in [0.05, 0.1) is 34.7 Å². The van der Waals surface area contributed by atoms with Crippen molar-refractivity contribution in [2.75, 3.05) is 13.1 Å². The lowest BCUT2D eigenvalue weighted by atomic mass is 9.65. The lowest BCUT2D eigenvalue weighted by molar-refractivity contribution is 0.0771. The van der Waals surface area contributed by atoms with Crippen LogP contribution in [0, 0.1) is 11.2 Å². The quantitative estimate of drug-likeness (QED) is 0.372. The minimum atomic E-state index is -3.86. The van der Waals surface area contributed by atoms with Gasteiger partial charge >= 0.3 is 0 Å². The molecule has 1 aliphatic carbocycles. The Bertz CT molecular complexity index is 1610. The number of aryl methyl sites for hydroxylation is 1. The van der Waals surface area contributed by atoms with Gasteiger partial charge in [-0.15, -0.1) is 11.3 Å². The Labute approximate surface area is 210 Å². The van der Waals surface area contributed by atoms with Crippen LogP contribution in [0.1, 0.15) is 28.2 Å². The Kier molecular flexibility index (Phi) is 5.28.